The molecule has 0 amide bonds. The van der Waals surface area contributed by atoms with Crippen LogP contribution in [-0.2, 0) is 25.5 Å². The van der Waals surface area contributed by atoms with Crippen LogP contribution in [0.3, 0.4) is 0 Å². The van der Waals surface area contributed by atoms with Crippen LogP contribution >= 0.6 is 15.9 Å². The summed E-state index contributed by atoms with van der Waals surface area (Å²) in [4.78, 5) is 36.3. The number of hydrogen-bond acceptors (Lipinski definition) is 5. The van der Waals surface area contributed by atoms with Crippen molar-refractivity contribution in [2.24, 2.45) is 19.3 Å². The predicted octanol–water partition coefficient (Wildman–Crippen LogP) is 4.18. The number of aryl methyl sites for hydroxylation is 1. The monoisotopic (exact) mass is 535 g/mol. The molecule has 1 unspecified atom stereocenters. The Kier molecular flexibility index (Phi) is 5.96. The number of benzene rings is 2. The van der Waals surface area contributed by atoms with Crippen molar-refractivity contribution in [1.82, 2.24) is 18.7 Å². The van der Waals surface area contributed by atoms with Gasteiger partial charge in [-0.25, -0.2) is 9.78 Å². The summed E-state index contributed by atoms with van der Waals surface area (Å²) >= 11 is 3.46. The number of hydrogen-bond donors (Lipinski definition) is 0. The van der Waals surface area contributed by atoms with Crippen molar-refractivity contribution in [3.8, 4) is 11.4 Å². The van der Waals surface area contributed by atoms with E-state index in [1.54, 1.807) is 7.05 Å². The quantitative estimate of drug-likeness (QED) is 0.383. The molecule has 0 spiro atoms. The molecule has 0 aliphatic carbocycles. The van der Waals surface area contributed by atoms with Crippen molar-refractivity contribution in [3.05, 3.63) is 85.0 Å². The number of fused-ring (bicyclic) bond motifs is 1. The lowest BCUT2D eigenvalue weighted by Crippen LogP contribution is -2.37. The molecule has 0 N–H and O–H groups in total. The van der Waals surface area contributed by atoms with Gasteiger partial charge >= 0.3 is 5.69 Å². The van der Waals surface area contributed by atoms with Crippen molar-refractivity contribution in [2.75, 3.05) is 0 Å². The second-order valence-electron chi connectivity index (χ2n) is 9.18. The van der Waals surface area contributed by atoms with E-state index in [0.717, 1.165) is 25.9 Å². The molecule has 180 valence electrons. The number of aromatic nitrogens is 4. The summed E-state index contributed by atoms with van der Waals surface area (Å²) in [5.74, 6) is 1.02. The first-order chi connectivity index (χ1) is 16.7. The van der Waals surface area contributed by atoms with Crippen LogP contribution in [0.5, 0.6) is 0 Å². The molecule has 4 aromatic rings. The zero-order valence-corrected chi connectivity index (χ0v) is 21.6. The third-order valence-electron chi connectivity index (χ3n) is 6.48. The average molecular weight is 536 g/mol. The molecule has 0 bridgehead atoms. The molecule has 0 saturated carbocycles. The Balaban J connectivity index is 1.58. The molecule has 3 heterocycles. The third kappa shape index (κ3) is 4.14. The lowest BCUT2D eigenvalue weighted by atomic mass is 10.0. The van der Waals surface area contributed by atoms with Crippen LogP contribution in [-0.4, -0.2) is 30.5 Å². The number of imidazole rings is 1. The Labute approximate surface area is 210 Å². The molecule has 8 nitrogen and oxygen atoms in total. The van der Waals surface area contributed by atoms with E-state index in [2.05, 4.69) is 47.1 Å². The SMILES string of the molecule is CC(C)c1ccc(-c2nc3c(c(=O)n(C)c(=O)n3C)n2CC2CC(c3ccc(Br)cc3)=NO2)cc1. The Hall–Kier alpha value is -3.46. The Morgan fingerprint density at radius 2 is 1.66 bits per heavy atom. The standard InChI is InChI=1S/C26H26BrN5O3/c1-15(2)16-5-7-18(8-6-16)23-28-24-22(25(33)31(4)26(34)30(24)3)32(23)14-20-13-21(29-35-20)17-9-11-19(27)12-10-17/h5-12,15,20H,13-14H2,1-4H3. The van der Waals surface area contributed by atoms with E-state index in [1.165, 1.54) is 17.2 Å². The maximum Gasteiger partial charge on any atom is 0.332 e. The Bertz CT molecular complexity index is 1560. The van der Waals surface area contributed by atoms with Crippen LogP contribution < -0.4 is 11.2 Å². The van der Waals surface area contributed by atoms with Crippen LogP contribution in [0, 0.1) is 0 Å². The summed E-state index contributed by atoms with van der Waals surface area (Å²) in [6.07, 6.45) is 0.320. The van der Waals surface area contributed by atoms with Gasteiger partial charge in [0.2, 0.25) is 0 Å². The van der Waals surface area contributed by atoms with E-state index >= 15 is 0 Å². The van der Waals surface area contributed by atoms with Gasteiger partial charge in [0.1, 0.15) is 5.82 Å². The van der Waals surface area contributed by atoms with Gasteiger partial charge in [-0.05, 0) is 29.2 Å². The molecule has 1 aliphatic rings. The Morgan fingerprint density at radius 1 is 1.00 bits per heavy atom. The van der Waals surface area contributed by atoms with E-state index in [-0.39, 0.29) is 11.7 Å². The van der Waals surface area contributed by atoms with E-state index in [1.807, 2.05) is 41.0 Å². The van der Waals surface area contributed by atoms with E-state index in [9.17, 15) is 9.59 Å². The summed E-state index contributed by atoms with van der Waals surface area (Å²) in [5, 5.41) is 4.31. The average Bonchev–Trinajstić information content (AvgIpc) is 3.47. The van der Waals surface area contributed by atoms with Gasteiger partial charge in [0.05, 0.1) is 12.3 Å². The van der Waals surface area contributed by atoms with Crippen molar-refractivity contribution < 1.29 is 4.84 Å². The number of halogens is 1. The highest BCUT2D eigenvalue weighted by Gasteiger charge is 2.27. The molecule has 0 radical (unpaired) electrons. The first-order valence-electron chi connectivity index (χ1n) is 11.5. The molecule has 1 aliphatic heterocycles. The van der Waals surface area contributed by atoms with Gasteiger partial charge < -0.3 is 9.40 Å². The maximum absolute atomic E-state index is 13.2. The topological polar surface area (TPSA) is 83.4 Å². The van der Waals surface area contributed by atoms with Gasteiger partial charge in [-0.2, -0.15) is 0 Å². The lowest BCUT2D eigenvalue weighted by molar-refractivity contribution is 0.0736. The zero-order chi connectivity index (χ0) is 24.9. The van der Waals surface area contributed by atoms with Crippen LogP contribution in [0.4, 0.5) is 0 Å². The first kappa shape index (κ1) is 23.3. The fraction of sp³-hybridized carbons (Fsp3) is 0.308. The summed E-state index contributed by atoms with van der Waals surface area (Å²) in [7, 11) is 3.12. The molecule has 2 aromatic heterocycles. The molecule has 0 saturated heterocycles. The minimum absolute atomic E-state index is 0.276. The summed E-state index contributed by atoms with van der Waals surface area (Å²) in [6, 6.07) is 16.1. The molecule has 2 aromatic carbocycles. The predicted molar refractivity (Wildman–Crippen MR) is 140 cm³/mol. The maximum atomic E-state index is 13.2. The van der Waals surface area contributed by atoms with Gasteiger partial charge in [0.25, 0.3) is 5.56 Å². The highest BCUT2D eigenvalue weighted by atomic mass is 79.9. The molecule has 1 atom stereocenters. The fourth-order valence-electron chi connectivity index (χ4n) is 4.40. The van der Waals surface area contributed by atoms with Crippen molar-refractivity contribution in [1.29, 1.82) is 0 Å². The van der Waals surface area contributed by atoms with Gasteiger partial charge in [-0.3, -0.25) is 13.9 Å². The third-order valence-corrected chi connectivity index (χ3v) is 7.01. The molecule has 0 fully saturated rings. The number of oxime groups is 1. The Morgan fingerprint density at radius 3 is 2.31 bits per heavy atom. The molecule has 35 heavy (non-hydrogen) atoms. The van der Waals surface area contributed by atoms with Crippen LogP contribution in [0.2, 0.25) is 0 Å². The summed E-state index contributed by atoms with van der Waals surface area (Å²) in [5.41, 5.74) is 3.87. The van der Waals surface area contributed by atoms with Gasteiger partial charge in [0.15, 0.2) is 17.3 Å². The summed E-state index contributed by atoms with van der Waals surface area (Å²) < 4.78 is 5.40. The second kappa shape index (κ2) is 8.96. The second-order valence-corrected chi connectivity index (χ2v) is 10.1. The minimum atomic E-state index is -0.410. The van der Waals surface area contributed by atoms with Crippen molar-refractivity contribution >= 4 is 32.8 Å². The molecule has 9 heteroatoms. The van der Waals surface area contributed by atoms with Crippen LogP contribution in [0.25, 0.3) is 22.6 Å². The highest BCUT2D eigenvalue weighted by Crippen LogP contribution is 2.27. The molecule has 5 rings (SSSR count). The normalized spacial score (nSPS) is 15.6. The lowest BCUT2D eigenvalue weighted by Gasteiger charge is -2.14. The van der Waals surface area contributed by atoms with Crippen LogP contribution in [0.15, 0.2) is 67.7 Å². The van der Waals surface area contributed by atoms with Gasteiger partial charge in [-0.15, -0.1) is 0 Å². The fourth-order valence-corrected chi connectivity index (χ4v) is 4.67. The zero-order valence-electron chi connectivity index (χ0n) is 20.0. The molecular weight excluding hydrogens is 510 g/mol. The minimum Gasteiger partial charge on any atom is -0.390 e. The van der Waals surface area contributed by atoms with Gasteiger partial charge in [-0.1, -0.05) is 71.3 Å². The number of rotatable bonds is 5. The van der Waals surface area contributed by atoms with Crippen molar-refractivity contribution in [2.45, 2.75) is 38.8 Å². The van der Waals surface area contributed by atoms with Crippen molar-refractivity contribution in [3.63, 3.8) is 0 Å². The molecular formula is C26H26BrN5O3. The largest absolute Gasteiger partial charge is 0.390 e. The van der Waals surface area contributed by atoms with Crippen LogP contribution in [0.1, 0.15) is 37.3 Å². The highest BCUT2D eigenvalue weighted by molar-refractivity contribution is 9.10. The van der Waals surface area contributed by atoms with Gasteiger partial charge in [0, 0.05) is 30.6 Å². The summed E-state index contributed by atoms with van der Waals surface area (Å²) in [6.45, 7) is 4.66. The first-order valence-corrected chi connectivity index (χ1v) is 12.3. The van der Waals surface area contributed by atoms with E-state index in [4.69, 9.17) is 9.82 Å². The smallest absolute Gasteiger partial charge is 0.332 e. The van der Waals surface area contributed by atoms with E-state index < -0.39 is 5.69 Å². The number of nitrogens with zero attached hydrogens (tertiary/aromatic N) is 5. The van der Waals surface area contributed by atoms with E-state index in [0.29, 0.717) is 35.9 Å².